The van der Waals surface area contributed by atoms with Gasteiger partial charge in [-0.25, -0.2) is 0 Å². The van der Waals surface area contributed by atoms with Gasteiger partial charge >= 0.3 is 0 Å². The van der Waals surface area contributed by atoms with Crippen molar-refractivity contribution in [1.82, 2.24) is 5.32 Å². The number of nitrogens with two attached hydrogens (primary N) is 3. The molecule has 0 aliphatic carbocycles. The van der Waals surface area contributed by atoms with Crippen LogP contribution in [0.25, 0.3) is 0 Å². The summed E-state index contributed by atoms with van der Waals surface area (Å²) in [4.78, 5) is 3.87. The average molecular weight is 1380 g/mol. The third-order valence-corrected chi connectivity index (χ3v) is 17.5. The molecule has 44 heteroatoms. The molecule has 0 aromatic rings. The van der Waals surface area contributed by atoms with Gasteiger partial charge in [0.2, 0.25) is 0 Å². The lowest BCUT2D eigenvalue weighted by atomic mass is 9.94. The molecule has 44 nitrogen and oxygen atoms in total. The second-order valence-corrected chi connectivity index (χ2v) is 23.7. The summed E-state index contributed by atoms with van der Waals surface area (Å²) in [5.74, 6) is -1.27. The van der Waals surface area contributed by atoms with Crippen molar-refractivity contribution < 1.29 is 188 Å². The second kappa shape index (κ2) is 32.1. The molecule has 40 atom stereocenters. The monoisotopic (exact) mass is 1380 g/mol. The van der Waals surface area contributed by atoms with Crippen molar-refractivity contribution in [3.05, 3.63) is 0 Å². The smallest absolute Gasteiger partial charge is 0.187 e. The Morgan fingerprint density at radius 2 is 0.436 bits per heavy atom. The molecule has 16 bridgehead atoms. The zero-order valence-corrected chi connectivity index (χ0v) is 49.3. The van der Waals surface area contributed by atoms with Crippen LogP contribution in [0.4, 0.5) is 0 Å². The number of aliphatic hydroxyl groups excluding tert-OH is 22. The number of nitrogens with one attached hydrogen (secondary N) is 2. The Hall–Kier alpha value is -2.98. The molecular formula is C50H86N6O38. The van der Waals surface area contributed by atoms with Gasteiger partial charge in [0, 0.05) is 6.54 Å². The fourth-order valence-electron chi connectivity index (χ4n) is 12.3. The topological polar surface area (TPSA) is 719 Å². The summed E-state index contributed by atoms with van der Waals surface area (Å²) in [6.07, 6.45) is -82.2. The summed E-state index contributed by atoms with van der Waals surface area (Å²) in [6, 6.07) is 0. The molecule has 30 saturated heterocycles. The van der Waals surface area contributed by atoms with Crippen LogP contribution in [0.3, 0.4) is 0 Å². The Bertz CT molecular complexity index is 2420. The van der Waals surface area contributed by atoms with Crippen LogP contribution in [0.2, 0.25) is 0 Å². The van der Waals surface area contributed by atoms with Gasteiger partial charge in [-0.3, -0.25) is 10.4 Å². The number of nitrogens with zero attached hydrogens (tertiary/aromatic N) is 1. The minimum Gasteiger partial charge on any atom is -0.394 e. The number of rotatable bonds is 10. The third kappa shape index (κ3) is 15.5. The minimum absolute atomic E-state index is 0.571. The van der Waals surface area contributed by atoms with Crippen molar-refractivity contribution in [2.24, 2.45) is 22.2 Å². The first kappa shape index (κ1) is 75.2. The first-order valence-corrected chi connectivity index (χ1v) is 29.8. The van der Waals surface area contributed by atoms with Crippen molar-refractivity contribution in [3.63, 3.8) is 0 Å². The normalized spacial score (nSPS) is 52.4. The summed E-state index contributed by atoms with van der Waals surface area (Å²) in [6.45, 7) is -7.81. The van der Waals surface area contributed by atoms with E-state index in [-0.39, 0.29) is 0 Å². The summed E-state index contributed by atoms with van der Waals surface area (Å²) in [5.41, 5.74) is 16.8. The third-order valence-electron chi connectivity index (χ3n) is 17.5. The maximum Gasteiger partial charge on any atom is 0.187 e. The lowest BCUT2D eigenvalue weighted by Crippen LogP contribution is -2.69. The van der Waals surface area contributed by atoms with Gasteiger partial charge in [-0.05, 0) is 0 Å². The molecule has 30 rings (SSSR count). The van der Waals surface area contributed by atoms with E-state index >= 15 is 0 Å². The van der Waals surface area contributed by atoms with Gasteiger partial charge in [-0.2, -0.15) is 0 Å². The number of hydrogen-bond acceptors (Lipinski definition) is 40. The van der Waals surface area contributed by atoms with E-state index in [1.165, 1.54) is 0 Å². The second-order valence-electron chi connectivity index (χ2n) is 23.7. The van der Waals surface area contributed by atoms with Crippen LogP contribution in [0.1, 0.15) is 0 Å². The van der Waals surface area contributed by atoms with Crippen molar-refractivity contribution in [2.75, 3.05) is 52.7 Å². The maximum absolute atomic E-state index is 11.7. The van der Waals surface area contributed by atoms with Crippen LogP contribution in [0.15, 0.2) is 4.99 Å². The van der Waals surface area contributed by atoms with Crippen LogP contribution in [0.5, 0.6) is 0 Å². The van der Waals surface area contributed by atoms with Gasteiger partial charge in [-0.15, -0.1) is 0 Å². The number of aliphatic hydroxyl groups is 22. The van der Waals surface area contributed by atoms with Crippen molar-refractivity contribution >= 4 is 11.9 Å². The average Bonchev–Trinajstić information content (AvgIpc) is 0.785. The van der Waals surface area contributed by atoms with E-state index < -0.39 is 310 Å². The van der Waals surface area contributed by atoms with Crippen molar-refractivity contribution in [2.45, 2.75) is 246 Å². The number of aliphatic imine (C=N–C) groups is 1. The lowest BCUT2D eigenvalue weighted by Gasteiger charge is -2.50. The van der Waals surface area contributed by atoms with Gasteiger partial charge in [0.05, 0.1) is 46.2 Å². The predicted octanol–water partition coefficient (Wildman–Crippen LogP) is -18.6. The Morgan fingerprint density at radius 3 is 0.617 bits per heavy atom. The molecule has 0 aromatic carbocycles. The zero-order valence-electron chi connectivity index (χ0n) is 49.3. The van der Waals surface area contributed by atoms with Crippen LogP contribution < -0.4 is 22.5 Å². The number of guanidine groups is 2. The van der Waals surface area contributed by atoms with Gasteiger partial charge in [0.1, 0.15) is 195 Å². The van der Waals surface area contributed by atoms with Gasteiger partial charge < -0.3 is 211 Å². The maximum atomic E-state index is 11.7. The van der Waals surface area contributed by atoms with Crippen LogP contribution in [0, 0.1) is 5.41 Å². The molecule has 0 saturated carbocycles. The molecule has 0 spiro atoms. The van der Waals surface area contributed by atoms with Crippen LogP contribution in [-0.2, 0) is 75.8 Å². The number of ether oxygens (including phenoxy) is 16. The fraction of sp³-hybridized carbons (Fsp3) is 0.960. The molecule has 30 aliphatic rings. The molecular weight excluding hydrogens is 1290 g/mol. The highest BCUT2D eigenvalue weighted by molar-refractivity contribution is 5.75. The van der Waals surface area contributed by atoms with Gasteiger partial charge in [0.15, 0.2) is 62.2 Å². The summed E-state index contributed by atoms with van der Waals surface area (Å²) in [7, 11) is 0. The van der Waals surface area contributed by atoms with E-state index in [1.807, 2.05) is 0 Å². The largest absolute Gasteiger partial charge is 0.394 e. The first-order valence-electron chi connectivity index (χ1n) is 29.8. The Morgan fingerprint density at radius 1 is 0.266 bits per heavy atom. The quantitative estimate of drug-likeness (QED) is 0.0713. The highest BCUT2D eigenvalue weighted by Crippen LogP contribution is 2.40. The molecule has 30 N–H and O–H groups in total. The molecule has 0 amide bonds. The Labute approximate surface area is 530 Å². The predicted molar refractivity (Wildman–Crippen MR) is 287 cm³/mol. The van der Waals surface area contributed by atoms with E-state index in [0.717, 1.165) is 0 Å². The summed E-state index contributed by atoms with van der Waals surface area (Å²) >= 11 is 0. The minimum atomic E-state index is -2.27. The molecule has 30 aliphatic heterocycles. The number of hydrogen-bond donors (Lipinski definition) is 27. The fourth-order valence-corrected chi connectivity index (χ4v) is 12.3. The first-order chi connectivity index (χ1) is 44.6. The zero-order chi connectivity index (χ0) is 68.6. The molecule has 94 heavy (non-hydrogen) atoms. The van der Waals surface area contributed by atoms with E-state index in [9.17, 15) is 112 Å². The standard InChI is InChI=1S/C50H86N6O38/c51-49(52)55-1-9-33-18(64)26(72)42(80-9)89-35-11(3-57)82-44(28(74)20(35)66)91-37-13(5-59)84-46(30(76)22(37)68)93-39-15(7-61)86-48(32(78)24(39)70)94-40-16(8-62)85-47(31(77)23(40)69)92-38-14(6-60)83-45(29(75)21(38)67)90-36-12(4-58)81-43(27(73)19(36)65)88-34-10(2-56-50(53)54)79-41(87-33)25(71)17(34)63/h9-48,57-78H,1-8H2,(H4,51,52,55)(H4,53,54,56)/t9-,10-,11-,12-,13-,14-,15-,16-,17-,18-,19-,20-,21-,22-,23-,24-,25-,26-,27-,28-,29-,30-,31-,32-,33-,34-,35-,36-,37-,38-,39-,40-,41-,42-,43-,44-,45-,46-,47-,48-/m1/s1. The lowest BCUT2D eigenvalue weighted by molar-refractivity contribution is -0.403. The molecule has 0 radical (unpaired) electrons. The van der Waals surface area contributed by atoms with E-state index in [0.29, 0.717) is 0 Å². The van der Waals surface area contributed by atoms with Crippen LogP contribution in [-0.4, -0.2) is 423 Å². The van der Waals surface area contributed by atoms with Crippen molar-refractivity contribution in [3.8, 4) is 0 Å². The SMILES string of the molecule is N=C(N)NC[C@H]1O[C@@H]2O[C@H]3[C@H](O)[C@@H](O)[C@@H](O[C@H]4[C@H](O)[C@@H](O)[C@@H](O[C@H]5[C@H](O)[C@@H](O)[C@@H](O[C@H]6[C@H](O)[C@@H](O)[C@@H](O[C@H]7[C@H](O)[C@@H](O)[C@@H](O[C@H]8[C@H](O)[C@@H](O)[C@@H](O[C@H]9[C@H](O)[C@@H](O)[C@@H](O[C@H]1[C@H](O)[C@H]2O)O[C@@H]9CO)O[C@@H]8CO)O[C@@H]7CO)O[C@@H]6CO)O[C@@H]5CO)O[C@@H]4CO)O[C@@H]3CN=C(N)N. The van der Waals surface area contributed by atoms with Crippen LogP contribution >= 0.6 is 0 Å². The van der Waals surface area contributed by atoms with Crippen molar-refractivity contribution in [1.29, 1.82) is 5.41 Å². The molecule has 30 fully saturated rings. The van der Waals surface area contributed by atoms with E-state index in [2.05, 4.69) is 10.3 Å². The van der Waals surface area contributed by atoms with Gasteiger partial charge in [0.25, 0.3) is 0 Å². The van der Waals surface area contributed by atoms with E-state index in [4.69, 9.17) is 98.4 Å². The summed E-state index contributed by atoms with van der Waals surface area (Å²) < 4.78 is 92.7. The molecule has 30 heterocycles. The molecule has 544 valence electrons. The molecule has 0 aromatic heterocycles. The highest BCUT2D eigenvalue weighted by Gasteiger charge is 2.60. The Kier molecular flexibility index (Phi) is 25.7. The van der Waals surface area contributed by atoms with Gasteiger partial charge in [-0.1, -0.05) is 0 Å². The Balaban J connectivity index is 1.01. The highest BCUT2D eigenvalue weighted by atomic mass is 16.8. The molecule has 0 unspecified atom stereocenters. The van der Waals surface area contributed by atoms with E-state index in [1.54, 1.807) is 0 Å². The summed E-state index contributed by atoms with van der Waals surface area (Å²) in [5, 5.41) is 257.